The number of nitrogens with zero attached hydrogens (tertiary/aromatic N) is 2. The van der Waals surface area contributed by atoms with E-state index in [0.717, 1.165) is 30.8 Å². The molecule has 1 N–H and O–H groups in total. The number of phenolic OH excluding ortho intramolecular Hbond substituents is 1. The van der Waals surface area contributed by atoms with Crippen LogP contribution in [0.4, 0.5) is 0 Å². The van der Waals surface area contributed by atoms with Gasteiger partial charge >= 0.3 is 5.97 Å². The van der Waals surface area contributed by atoms with Crippen LogP contribution in [0.1, 0.15) is 67.0 Å². The number of hydrogen-bond acceptors (Lipinski definition) is 3. The first-order valence-corrected chi connectivity index (χ1v) is 12.2. The number of carbonyl (C=O) groups is 1. The fraction of sp³-hybridized carbons (Fsp3) is 0.429. The van der Waals surface area contributed by atoms with Crippen LogP contribution in [-0.2, 0) is 29.0 Å². The molecule has 0 atom stereocenters. The van der Waals surface area contributed by atoms with Crippen LogP contribution >= 0.6 is 0 Å². The SMILES string of the molecule is Cc1n(CCOC(=O)Cc2cccc(C3CCCCCC3)c2O)cc[n+]1Cc1ccccc1.[Br-]. The number of ether oxygens (including phenoxy) is 1. The predicted octanol–water partition coefficient (Wildman–Crippen LogP) is 2.07. The van der Waals surface area contributed by atoms with Crippen molar-refractivity contribution in [3.8, 4) is 5.75 Å². The Balaban J connectivity index is 0.00000324. The van der Waals surface area contributed by atoms with Crippen molar-refractivity contribution in [3.05, 3.63) is 83.4 Å². The average Bonchev–Trinajstić information content (AvgIpc) is 3.01. The number of para-hydroxylation sites is 1. The van der Waals surface area contributed by atoms with Crippen molar-refractivity contribution in [2.24, 2.45) is 0 Å². The Labute approximate surface area is 213 Å². The van der Waals surface area contributed by atoms with Crippen LogP contribution in [0.2, 0.25) is 0 Å². The van der Waals surface area contributed by atoms with E-state index in [9.17, 15) is 9.90 Å². The van der Waals surface area contributed by atoms with Gasteiger partial charge in [0.2, 0.25) is 0 Å². The molecule has 34 heavy (non-hydrogen) atoms. The van der Waals surface area contributed by atoms with Crippen LogP contribution in [0.15, 0.2) is 60.9 Å². The molecule has 0 unspecified atom stereocenters. The van der Waals surface area contributed by atoms with Crippen LogP contribution in [0.25, 0.3) is 0 Å². The lowest BCUT2D eigenvalue weighted by molar-refractivity contribution is -0.694. The van der Waals surface area contributed by atoms with Gasteiger partial charge in [-0.15, -0.1) is 0 Å². The Kier molecular flexibility index (Phi) is 9.75. The van der Waals surface area contributed by atoms with E-state index >= 15 is 0 Å². The molecule has 0 spiro atoms. The molecule has 0 bridgehead atoms. The van der Waals surface area contributed by atoms with E-state index in [4.69, 9.17) is 4.74 Å². The van der Waals surface area contributed by atoms with Crippen LogP contribution in [-0.4, -0.2) is 22.2 Å². The van der Waals surface area contributed by atoms with Crippen molar-refractivity contribution in [1.29, 1.82) is 0 Å². The van der Waals surface area contributed by atoms with Gasteiger partial charge in [-0.05, 0) is 29.9 Å². The van der Waals surface area contributed by atoms with Crippen molar-refractivity contribution < 1.29 is 36.2 Å². The van der Waals surface area contributed by atoms with Gasteiger partial charge in [0, 0.05) is 12.5 Å². The van der Waals surface area contributed by atoms with Crippen LogP contribution < -0.4 is 21.5 Å². The number of esters is 1. The molecule has 1 fully saturated rings. The fourth-order valence-corrected chi connectivity index (χ4v) is 4.86. The maximum absolute atomic E-state index is 12.5. The molecule has 182 valence electrons. The second-order valence-corrected chi connectivity index (χ2v) is 9.09. The standard InChI is InChI=1S/C28H34N2O3.BrH/c1-22-29(16-17-30(22)21-23-10-5-4-6-11-23)18-19-33-27(31)20-25-14-9-15-26(28(25)32)24-12-7-2-3-8-13-24;/h4-6,9-11,14-17,24H,2-3,7-8,12-13,18-21H2,1H3;1H. The Morgan fingerprint density at radius 2 is 1.79 bits per heavy atom. The minimum Gasteiger partial charge on any atom is -1.00 e. The van der Waals surface area contributed by atoms with Crippen molar-refractivity contribution in [3.63, 3.8) is 0 Å². The predicted molar refractivity (Wildman–Crippen MR) is 128 cm³/mol. The number of hydrogen-bond donors (Lipinski definition) is 1. The van der Waals surface area contributed by atoms with Gasteiger partial charge < -0.3 is 26.8 Å². The van der Waals surface area contributed by atoms with E-state index < -0.39 is 0 Å². The molecule has 0 aliphatic heterocycles. The van der Waals surface area contributed by atoms with Gasteiger partial charge in [-0.25, -0.2) is 9.13 Å². The van der Waals surface area contributed by atoms with Gasteiger partial charge in [-0.2, -0.15) is 0 Å². The summed E-state index contributed by atoms with van der Waals surface area (Å²) < 4.78 is 9.80. The fourth-order valence-electron chi connectivity index (χ4n) is 4.86. The second kappa shape index (κ2) is 12.7. The van der Waals surface area contributed by atoms with Gasteiger partial charge in [0.15, 0.2) is 0 Å². The molecule has 1 aliphatic rings. The van der Waals surface area contributed by atoms with E-state index in [1.807, 2.05) is 42.6 Å². The number of aromatic hydroxyl groups is 1. The summed E-state index contributed by atoms with van der Waals surface area (Å²) in [6.07, 6.45) is 11.4. The highest BCUT2D eigenvalue weighted by Gasteiger charge is 2.20. The van der Waals surface area contributed by atoms with E-state index in [1.165, 1.54) is 31.2 Å². The average molecular weight is 528 g/mol. The molecule has 0 radical (unpaired) electrons. The third-order valence-corrected chi connectivity index (χ3v) is 6.83. The van der Waals surface area contributed by atoms with Gasteiger partial charge in [0.05, 0.1) is 6.42 Å². The first kappa shape index (κ1) is 26.0. The van der Waals surface area contributed by atoms with Crippen molar-refractivity contribution in [2.45, 2.75) is 70.9 Å². The zero-order valence-electron chi connectivity index (χ0n) is 20.0. The van der Waals surface area contributed by atoms with E-state index in [0.29, 0.717) is 24.6 Å². The summed E-state index contributed by atoms with van der Waals surface area (Å²) >= 11 is 0. The summed E-state index contributed by atoms with van der Waals surface area (Å²) in [6, 6.07) is 16.2. The molecule has 5 nitrogen and oxygen atoms in total. The van der Waals surface area contributed by atoms with E-state index in [2.05, 4.69) is 34.4 Å². The number of benzene rings is 2. The summed E-state index contributed by atoms with van der Waals surface area (Å²) in [6.45, 7) is 3.80. The minimum atomic E-state index is -0.301. The summed E-state index contributed by atoms with van der Waals surface area (Å²) in [5.41, 5.74) is 2.91. The van der Waals surface area contributed by atoms with Gasteiger partial charge in [-0.3, -0.25) is 4.79 Å². The normalized spacial score (nSPS) is 14.3. The molecule has 0 amide bonds. The topological polar surface area (TPSA) is 55.3 Å². The van der Waals surface area contributed by atoms with Gasteiger partial charge in [-0.1, -0.05) is 74.2 Å². The molecular weight excluding hydrogens is 492 g/mol. The first-order valence-electron chi connectivity index (χ1n) is 12.2. The third-order valence-electron chi connectivity index (χ3n) is 6.83. The molecule has 0 saturated heterocycles. The van der Waals surface area contributed by atoms with Gasteiger partial charge in [0.1, 0.15) is 37.8 Å². The second-order valence-electron chi connectivity index (χ2n) is 9.09. The first-order chi connectivity index (χ1) is 16.1. The quantitative estimate of drug-likeness (QED) is 0.277. The monoisotopic (exact) mass is 526 g/mol. The number of imidazole rings is 1. The molecule has 1 heterocycles. The summed E-state index contributed by atoms with van der Waals surface area (Å²) in [5, 5.41) is 10.8. The van der Waals surface area contributed by atoms with E-state index in [1.54, 1.807) is 0 Å². The van der Waals surface area contributed by atoms with Crippen molar-refractivity contribution >= 4 is 5.97 Å². The lowest BCUT2D eigenvalue weighted by atomic mass is 9.89. The lowest BCUT2D eigenvalue weighted by Gasteiger charge is -2.18. The molecule has 2 aromatic carbocycles. The zero-order valence-corrected chi connectivity index (χ0v) is 21.5. The highest BCUT2D eigenvalue weighted by atomic mass is 79.9. The molecule has 6 heteroatoms. The lowest BCUT2D eigenvalue weighted by Crippen LogP contribution is -3.00. The molecular formula is C28H35BrN2O3. The summed E-state index contributed by atoms with van der Waals surface area (Å²) in [5.74, 6) is 1.49. The number of halogens is 1. The Morgan fingerprint density at radius 1 is 1.06 bits per heavy atom. The zero-order chi connectivity index (χ0) is 23.0. The number of carbonyl (C=O) groups excluding carboxylic acids is 1. The Bertz CT molecular complexity index is 1060. The molecule has 1 aromatic heterocycles. The molecule has 3 aromatic rings. The summed E-state index contributed by atoms with van der Waals surface area (Å²) in [4.78, 5) is 12.5. The number of phenols is 1. The van der Waals surface area contributed by atoms with Crippen LogP contribution in [0.5, 0.6) is 5.75 Å². The van der Waals surface area contributed by atoms with E-state index in [-0.39, 0.29) is 35.1 Å². The van der Waals surface area contributed by atoms with Crippen LogP contribution in [0, 0.1) is 6.92 Å². The number of rotatable bonds is 8. The highest BCUT2D eigenvalue weighted by molar-refractivity contribution is 5.73. The van der Waals surface area contributed by atoms with Gasteiger partial charge in [0.25, 0.3) is 5.82 Å². The van der Waals surface area contributed by atoms with Crippen molar-refractivity contribution in [2.75, 3.05) is 6.61 Å². The molecule has 1 saturated carbocycles. The Hall–Kier alpha value is -2.60. The minimum absolute atomic E-state index is 0. The van der Waals surface area contributed by atoms with Crippen LogP contribution in [0.3, 0.4) is 0 Å². The van der Waals surface area contributed by atoms with Crippen molar-refractivity contribution in [1.82, 2.24) is 4.57 Å². The summed E-state index contributed by atoms with van der Waals surface area (Å²) in [7, 11) is 0. The Morgan fingerprint density at radius 3 is 2.53 bits per heavy atom. The maximum atomic E-state index is 12.5. The maximum Gasteiger partial charge on any atom is 0.310 e. The smallest absolute Gasteiger partial charge is 0.310 e. The number of aromatic nitrogens is 2. The third kappa shape index (κ3) is 6.72. The highest BCUT2D eigenvalue weighted by Crippen LogP contribution is 2.37. The molecule has 1 aliphatic carbocycles. The molecule has 4 rings (SSSR count). The largest absolute Gasteiger partial charge is 1.00 e.